The Morgan fingerprint density at radius 1 is 1.44 bits per heavy atom. The predicted molar refractivity (Wildman–Crippen MR) is 56.9 cm³/mol. The molecule has 9 heavy (non-hydrogen) atoms. The molecule has 0 amide bonds. The molecule has 0 fully saturated rings. The van der Waals surface area contributed by atoms with Gasteiger partial charge in [0.2, 0.25) is 0 Å². The molecule has 0 aliphatic carbocycles. The molecule has 0 aromatic rings. The van der Waals surface area contributed by atoms with Crippen LogP contribution in [0.3, 0.4) is 0 Å². The summed E-state index contributed by atoms with van der Waals surface area (Å²) in [5.74, 6) is 1.21. The first-order valence-corrected chi connectivity index (χ1v) is 7.44. The molecule has 0 N–H and O–H groups in total. The molecular formula is C5H10S4. The number of hydrogen-bond acceptors (Lipinski definition) is 3. The average Bonchev–Trinajstić information content (AvgIpc) is 2.36. The first-order chi connectivity index (χ1) is 4.33. The molecule has 0 saturated carbocycles. The Hall–Kier alpha value is 1.14. The lowest BCUT2D eigenvalue weighted by atomic mass is 10.8. The fourth-order valence-corrected chi connectivity index (χ4v) is 6.58. The molecule has 0 atom stereocenters. The van der Waals surface area contributed by atoms with Crippen molar-refractivity contribution < 1.29 is 0 Å². The van der Waals surface area contributed by atoms with Crippen molar-refractivity contribution >= 4 is 45.1 Å². The molecule has 1 heterocycles. The highest BCUT2D eigenvalue weighted by molar-refractivity contribution is 8.97. The van der Waals surface area contributed by atoms with Crippen LogP contribution in [0.2, 0.25) is 0 Å². The second-order valence-corrected chi connectivity index (χ2v) is 9.35. The van der Waals surface area contributed by atoms with Crippen molar-refractivity contribution in [1.82, 2.24) is 0 Å². The summed E-state index contributed by atoms with van der Waals surface area (Å²) in [7, 11) is 1.44. The van der Waals surface area contributed by atoms with Crippen molar-refractivity contribution in [1.29, 1.82) is 0 Å². The van der Waals surface area contributed by atoms with Gasteiger partial charge >= 0.3 is 0 Å². The van der Waals surface area contributed by atoms with Crippen LogP contribution in [0.5, 0.6) is 0 Å². The highest BCUT2D eigenvalue weighted by atomic mass is 33.2. The first kappa shape index (κ1) is 8.24. The van der Waals surface area contributed by atoms with E-state index in [-0.39, 0.29) is 0 Å². The predicted octanol–water partition coefficient (Wildman–Crippen LogP) is 2.74. The summed E-state index contributed by atoms with van der Waals surface area (Å²) in [6, 6.07) is 0. The van der Waals surface area contributed by atoms with Crippen LogP contribution in [-0.2, 0) is 0 Å². The highest BCUT2D eigenvalue weighted by Crippen LogP contribution is 2.64. The molecule has 4 heteroatoms. The van der Waals surface area contributed by atoms with E-state index in [4.69, 9.17) is 0 Å². The third kappa shape index (κ3) is 1.79. The molecule has 0 unspecified atom stereocenters. The topological polar surface area (TPSA) is 0 Å². The lowest BCUT2D eigenvalue weighted by Gasteiger charge is -2.29. The molecule has 54 valence electrons. The van der Waals surface area contributed by atoms with Gasteiger partial charge in [-0.15, -0.1) is 0 Å². The van der Waals surface area contributed by atoms with E-state index in [0.717, 1.165) is 10.2 Å². The lowest BCUT2D eigenvalue weighted by Crippen LogP contribution is -1.97. The van der Waals surface area contributed by atoms with Gasteiger partial charge in [0.1, 0.15) is 0 Å². The summed E-state index contributed by atoms with van der Waals surface area (Å²) in [5, 5.41) is 4.20. The van der Waals surface area contributed by atoms with E-state index >= 15 is 0 Å². The van der Waals surface area contributed by atoms with Crippen LogP contribution < -0.4 is 0 Å². The minimum absolute atomic E-state index is 0.503. The van der Waals surface area contributed by atoms with Gasteiger partial charge in [0.15, 0.2) is 0 Å². The number of thiol groups is 2. The van der Waals surface area contributed by atoms with Gasteiger partial charge in [0.25, 0.3) is 0 Å². The third-order valence-electron chi connectivity index (χ3n) is 1.23. The molecule has 0 aromatic heterocycles. The molecule has 1 aliphatic heterocycles. The van der Waals surface area contributed by atoms with Gasteiger partial charge in [-0.05, 0) is 5.41 Å². The second kappa shape index (κ2) is 3.51. The first-order valence-electron chi connectivity index (χ1n) is 2.64. The molecule has 0 saturated heterocycles. The smallest absolute Gasteiger partial charge is 0.0301 e. The summed E-state index contributed by atoms with van der Waals surface area (Å²) in [6.45, 7) is 0. The summed E-state index contributed by atoms with van der Waals surface area (Å²) < 4.78 is 0. The van der Waals surface area contributed by atoms with Crippen LogP contribution in [-0.4, -0.2) is 15.9 Å². The van der Waals surface area contributed by atoms with E-state index in [1.54, 1.807) is 0 Å². The Bertz CT molecular complexity index is 106. The van der Waals surface area contributed by atoms with E-state index < -0.39 is 9.06 Å². The third-order valence-corrected chi connectivity index (χ3v) is 10.4. The summed E-state index contributed by atoms with van der Waals surface area (Å²) in [6.07, 6.45) is 2.23. The fourth-order valence-electron chi connectivity index (χ4n) is 0.618. The van der Waals surface area contributed by atoms with Crippen LogP contribution in [0, 0.1) is 0 Å². The molecule has 0 radical (unpaired) electrons. The van der Waals surface area contributed by atoms with Crippen LogP contribution in [0.4, 0.5) is 0 Å². The molecule has 0 spiro atoms. The van der Waals surface area contributed by atoms with Gasteiger partial charge in [0.05, 0.1) is 0 Å². The SMILES string of the molecule is SCS1(CS)CC=CS1. The summed E-state index contributed by atoms with van der Waals surface area (Å²) >= 11 is 8.62. The maximum absolute atomic E-state index is 4.31. The standard InChI is InChI=1S/C5H10S4/c6-4-9(5-7)3-1-2-8-9/h1-2,6-7H,3-5H2. The van der Waals surface area contributed by atoms with Crippen molar-refractivity contribution in [2.24, 2.45) is 0 Å². The maximum atomic E-state index is 4.31. The largest absolute Gasteiger partial charge is 0.169 e. The van der Waals surface area contributed by atoms with Gasteiger partial charge in [-0.2, -0.15) is 34.3 Å². The van der Waals surface area contributed by atoms with E-state index in [0.29, 0.717) is 0 Å². The van der Waals surface area contributed by atoms with Gasteiger partial charge in [0, 0.05) is 15.9 Å². The van der Waals surface area contributed by atoms with Gasteiger partial charge in [-0.25, -0.2) is 0 Å². The molecule has 0 bridgehead atoms. The van der Waals surface area contributed by atoms with Crippen molar-refractivity contribution in [2.75, 3.05) is 15.9 Å². The van der Waals surface area contributed by atoms with Crippen LogP contribution in [0.1, 0.15) is 0 Å². The lowest BCUT2D eigenvalue weighted by molar-refractivity contribution is 1.77. The zero-order valence-corrected chi connectivity index (χ0v) is 8.41. The molecule has 1 aliphatic rings. The molecular weight excluding hydrogens is 188 g/mol. The fraction of sp³-hybridized carbons (Fsp3) is 0.600. The van der Waals surface area contributed by atoms with E-state index in [1.165, 1.54) is 5.75 Å². The van der Waals surface area contributed by atoms with Crippen molar-refractivity contribution in [2.45, 2.75) is 0 Å². The van der Waals surface area contributed by atoms with Crippen LogP contribution in [0.15, 0.2) is 11.5 Å². The summed E-state index contributed by atoms with van der Waals surface area (Å²) in [5.41, 5.74) is 0. The van der Waals surface area contributed by atoms with E-state index in [2.05, 4.69) is 36.7 Å². The van der Waals surface area contributed by atoms with Crippen molar-refractivity contribution in [3.8, 4) is 0 Å². The van der Waals surface area contributed by atoms with Crippen molar-refractivity contribution in [3.63, 3.8) is 0 Å². The maximum Gasteiger partial charge on any atom is 0.0301 e. The van der Waals surface area contributed by atoms with Gasteiger partial charge < -0.3 is 0 Å². The normalized spacial score (nSPS) is 26.4. The Balaban J connectivity index is 2.50. The van der Waals surface area contributed by atoms with Gasteiger partial charge in [-0.1, -0.05) is 16.9 Å². The molecule has 1 rings (SSSR count). The Morgan fingerprint density at radius 2 is 2.11 bits per heavy atom. The average molecular weight is 198 g/mol. The van der Waals surface area contributed by atoms with E-state index in [9.17, 15) is 0 Å². The second-order valence-electron chi connectivity index (χ2n) is 1.86. The monoisotopic (exact) mass is 198 g/mol. The highest BCUT2D eigenvalue weighted by Gasteiger charge is 2.22. The number of rotatable bonds is 2. The quantitative estimate of drug-likeness (QED) is 0.508. The number of hydrogen-bond donors (Lipinski definition) is 2. The summed E-state index contributed by atoms with van der Waals surface area (Å²) in [4.78, 5) is 0. The zero-order chi connectivity index (χ0) is 6.74. The van der Waals surface area contributed by atoms with Crippen LogP contribution in [0.25, 0.3) is 0 Å². The molecule has 0 aromatic carbocycles. The molecule has 0 nitrogen and oxygen atoms in total. The minimum Gasteiger partial charge on any atom is -0.169 e. The Kier molecular flexibility index (Phi) is 3.21. The Labute approximate surface area is 72.4 Å². The zero-order valence-electron chi connectivity index (χ0n) is 4.99. The van der Waals surface area contributed by atoms with Crippen LogP contribution >= 0.6 is 45.1 Å². The van der Waals surface area contributed by atoms with E-state index in [1.807, 2.05) is 10.8 Å². The van der Waals surface area contributed by atoms with Crippen molar-refractivity contribution in [3.05, 3.63) is 11.5 Å². The van der Waals surface area contributed by atoms with Gasteiger partial charge in [-0.3, -0.25) is 0 Å². The minimum atomic E-state index is -0.503. The Morgan fingerprint density at radius 3 is 2.33 bits per heavy atom.